The zero-order chi connectivity index (χ0) is 12.3. The summed E-state index contributed by atoms with van der Waals surface area (Å²) in [4.78, 5) is 24.9. The van der Waals surface area contributed by atoms with Gasteiger partial charge in [-0.1, -0.05) is 0 Å². The van der Waals surface area contributed by atoms with Gasteiger partial charge in [0.15, 0.2) is 0 Å². The van der Waals surface area contributed by atoms with Gasteiger partial charge in [0.05, 0.1) is 11.8 Å². The molecule has 1 rings (SSSR count). The molecule has 0 radical (unpaired) electrons. The molecule has 1 amide bonds. The van der Waals surface area contributed by atoms with Crippen LogP contribution in [0.25, 0.3) is 0 Å². The van der Waals surface area contributed by atoms with Crippen molar-refractivity contribution >= 4 is 17.7 Å². The molecule has 0 spiro atoms. The third-order valence-corrected chi connectivity index (χ3v) is 1.87. The fraction of sp³-hybridized carbons (Fsp3) is 0.400. The largest absolute Gasteiger partial charge is 0.478 e. The zero-order valence-corrected chi connectivity index (χ0v) is 9.33. The summed E-state index contributed by atoms with van der Waals surface area (Å²) < 4.78 is 4.84. The van der Waals surface area contributed by atoms with Crippen LogP contribution in [-0.4, -0.2) is 28.3 Å². The number of anilines is 1. The van der Waals surface area contributed by atoms with Crippen molar-refractivity contribution in [1.82, 2.24) is 4.98 Å². The quantitative estimate of drug-likeness (QED) is 0.734. The number of aryl methyl sites for hydroxylation is 1. The van der Waals surface area contributed by atoms with E-state index in [0.29, 0.717) is 5.69 Å². The van der Waals surface area contributed by atoms with Gasteiger partial charge in [0.2, 0.25) is 0 Å². The number of carboxylic acid groups (broad SMARTS) is 1. The van der Waals surface area contributed by atoms with Crippen LogP contribution in [0.3, 0.4) is 0 Å². The molecule has 1 heterocycles. The molecule has 6 nitrogen and oxygen atoms in total. The average molecular weight is 226 g/mol. The van der Waals surface area contributed by atoms with Crippen molar-refractivity contribution in [2.75, 3.05) is 5.32 Å². The molecular formula is C10H14N2O4. The van der Waals surface area contributed by atoms with Crippen molar-refractivity contribution in [2.24, 2.45) is 0 Å². The number of aromatic amines is 1. The van der Waals surface area contributed by atoms with Gasteiger partial charge in [-0.05, 0) is 20.8 Å². The number of carboxylic acids is 1. The number of hydrogen-bond donors (Lipinski definition) is 3. The number of hydrogen-bond acceptors (Lipinski definition) is 3. The Morgan fingerprint density at radius 3 is 2.62 bits per heavy atom. The maximum atomic E-state index is 11.3. The van der Waals surface area contributed by atoms with Crippen LogP contribution in [0.2, 0.25) is 0 Å². The lowest BCUT2D eigenvalue weighted by atomic mass is 10.2. The van der Waals surface area contributed by atoms with Crippen LogP contribution in [0.15, 0.2) is 6.20 Å². The molecule has 0 bridgehead atoms. The van der Waals surface area contributed by atoms with E-state index in [4.69, 9.17) is 9.84 Å². The second-order valence-corrected chi connectivity index (χ2v) is 3.59. The first kappa shape index (κ1) is 12.1. The van der Waals surface area contributed by atoms with E-state index in [1.807, 2.05) is 0 Å². The first-order valence-electron chi connectivity index (χ1n) is 4.80. The van der Waals surface area contributed by atoms with E-state index in [1.54, 1.807) is 20.8 Å². The van der Waals surface area contributed by atoms with Gasteiger partial charge < -0.3 is 14.8 Å². The number of ether oxygens (including phenoxy) is 1. The second-order valence-electron chi connectivity index (χ2n) is 3.59. The molecule has 0 aliphatic carbocycles. The highest BCUT2D eigenvalue weighted by Crippen LogP contribution is 2.19. The number of amides is 1. The Hall–Kier alpha value is -1.98. The summed E-state index contributed by atoms with van der Waals surface area (Å²) in [5.41, 5.74) is 0.726. The van der Waals surface area contributed by atoms with Gasteiger partial charge in [0.25, 0.3) is 0 Å². The highest BCUT2D eigenvalue weighted by atomic mass is 16.6. The fourth-order valence-electron chi connectivity index (χ4n) is 1.25. The summed E-state index contributed by atoms with van der Waals surface area (Å²) in [6.07, 6.45) is 0.491. The third-order valence-electron chi connectivity index (χ3n) is 1.87. The van der Waals surface area contributed by atoms with Crippen LogP contribution in [0.1, 0.15) is 29.9 Å². The third kappa shape index (κ3) is 2.75. The van der Waals surface area contributed by atoms with Crippen LogP contribution in [0.4, 0.5) is 10.5 Å². The molecule has 16 heavy (non-hydrogen) atoms. The van der Waals surface area contributed by atoms with Crippen molar-refractivity contribution < 1.29 is 19.4 Å². The van der Waals surface area contributed by atoms with E-state index < -0.39 is 12.1 Å². The molecule has 0 aromatic carbocycles. The molecule has 0 saturated heterocycles. The van der Waals surface area contributed by atoms with Gasteiger partial charge >= 0.3 is 12.1 Å². The van der Waals surface area contributed by atoms with Crippen LogP contribution < -0.4 is 5.32 Å². The van der Waals surface area contributed by atoms with E-state index in [9.17, 15) is 9.59 Å². The Morgan fingerprint density at radius 2 is 2.12 bits per heavy atom. The van der Waals surface area contributed by atoms with Crippen LogP contribution in [0.5, 0.6) is 0 Å². The summed E-state index contributed by atoms with van der Waals surface area (Å²) in [7, 11) is 0. The number of aromatic carboxylic acids is 1. The number of nitrogens with one attached hydrogen (secondary N) is 2. The maximum Gasteiger partial charge on any atom is 0.411 e. The van der Waals surface area contributed by atoms with Crippen molar-refractivity contribution in [3.63, 3.8) is 0 Å². The standard InChI is InChI=1S/C10H14N2O4/c1-5(2)16-10(15)12-7-4-11-6(3)8(7)9(13)14/h4-5,11H,1-3H3,(H,12,15)(H,13,14). The van der Waals surface area contributed by atoms with E-state index >= 15 is 0 Å². The molecule has 88 valence electrons. The zero-order valence-electron chi connectivity index (χ0n) is 9.33. The predicted octanol–water partition coefficient (Wildman–Crippen LogP) is 1.98. The SMILES string of the molecule is Cc1[nH]cc(NC(=O)OC(C)C)c1C(=O)O. The molecule has 0 aliphatic rings. The lowest BCUT2D eigenvalue weighted by Crippen LogP contribution is -2.19. The second kappa shape index (κ2) is 4.69. The molecule has 1 aromatic rings. The Balaban J connectivity index is 2.82. The normalized spacial score (nSPS) is 10.2. The van der Waals surface area contributed by atoms with E-state index in [2.05, 4.69) is 10.3 Å². The molecule has 6 heteroatoms. The summed E-state index contributed by atoms with van der Waals surface area (Å²) >= 11 is 0. The molecule has 0 aliphatic heterocycles. The first-order chi connectivity index (χ1) is 7.41. The van der Waals surface area contributed by atoms with Gasteiger partial charge in [-0.15, -0.1) is 0 Å². The van der Waals surface area contributed by atoms with Gasteiger partial charge in [-0.25, -0.2) is 9.59 Å². The maximum absolute atomic E-state index is 11.3. The van der Waals surface area contributed by atoms with Gasteiger partial charge in [0.1, 0.15) is 5.56 Å². The van der Waals surface area contributed by atoms with Crippen LogP contribution in [0, 0.1) is 6.92 Å². The minimum absolute atomic E-state index is 0.0423. The van der Waals surface area contributed by atoms with Crippen LogP contribution in [-0.2, 0) is 4.74 Å². The van der Waals surface area contributed by atoms with Crippen molar-refractivity contribution in [1.29, 1.82) is 0 Å². The molecule has 0 fully saturated rings. The summed E-state index contributed by atoms with van der Waals surface area (Å²) in [6.45, 7) is 5.03. The number of carbonyl (C=O) groups excluding carboxylic acids is 1. The smallest absolute Gasteiger partial charge is 0.411 e. The first-order valence-corrected chi connectivity index (χ1v) is 4.80. The van der Waals surface area contributed by atoms with Gasteiger partial charge in [-0.2, -0.15) is 0 Å². The minimum Gasteiger partial charge on any atom is -0.478 e. The average Bonchev–Trinajstić information content (AvgIpc) is 2.45. The Morgan fingerprint density at radius 1 is 1.50 bits per heavy atom. The van der Waals surface area contributed by atoms with Crippen molar-refractivity contribution in [2.45, 2.75) is 26.9 Å². The molecule has 0 unspecified atom stereocenters. The number of aromatic nitrogens is 1. The molecule has 0 saturated carbocycles. The highest BCUT2D eigenvalue weighted by Gasteiger charge is 2.17. The number of H-pyrrole nitrogens is 1. The Bertz CT molecular complexity index is 409. The molecule has 3 N–H and O–H groups in total. The molecule has 1 aromatic heterocycles. The lowest BCUT2D eigenvalue weighted by Gasteiger charge is -2.08. The van der Waals surface area contributed by atoms with E-state index in [0.717, 1.165) is 0 Å². The van der Waals surface area contributed by atoms with Crippen LogP contribution >= 0.6 is 0 Å². The summed E-state index contributed by atoms with van der Waals surface area (Å²) in [5.74, 6) is -1.10. The monoisotopic (exact) mass is 226 g/mol. The fourth-order valence-corrected chi connectivity index (χ4v) is 1.25. The summed E-state index contributed by atoms with van der Waals surface area (Å²) in [6, 6.07) is 0. The molecular weight excluding hydrogens is 212 g/mol. The Labute approximate surface area is 92.6 Å². The molecule has 0 atom stereocenters. The highest BCUT2D eigenvalue weighted by molar-refractivity contribution is 5.99. The predicted molar refractivity (Wildman–Crippen MR) is 57.7 cm³/mol. The van der Waals surface area contributed by atoms with E-state index in [1.165, 1.54) is 6.20 Å². The Kier molecular flexibility index (Phi) is 3.55. The minimum atomic E-state index is -1.10. The lowest BCUT2D eigenvalue weighted by molar-refractivity contribution is 0.0697. The van der Waals surface area contributed by atoms with Gasteiger partial charge in [0, 0.05) is 11.9 Å². The van der Waals surface area contributed by atoms with Crippen molar-refractivity contribution in [3.05, 3.63) is 17.5 Å². The van der Waals surface area contributed by atoms with Crippen molar-refractivity contribution in [3.8, 4) is 0 Å². The number of carbonyl (C=O) groups is 2. The number of rotatable bonds is 3. The van der Waals surface area contributed by atoms with Gasteiger partial charge in [-0.3, -0.25) is 5.32 Å². The summed E-state index contributed by atoms with van der Waals surface area (Å²) in [5, 5.41) is 11.3. The topological polar surface area (TPSA) is 91.4 Å². The van der Waals surface area contributed by atoms with E-state index in [-0.39, 0.29) is 17.4 Å².